The minimum absolute atomic E-state index is 0.465. The van der Waals surface area contributed by atoms with Crippen LogP contribution in [0.15, 0.2) is 18.2 Å². The van der Waals surface area contributed by atoms with Crippen LogP contribution >= 0.6 is 46.4 Å². The van der Waals surface area contributed by atoms with E-state index in [2.05, 4.69) is 0 Å². The second-order valence-electron chi connectivity index (χ2n) is 2.46. The third kappa shape index (κ3) is 3.82. The number of halogens is 4. The Morgan fingerprint density at radius 2 is 1.85 bits per heavy atom. The highest BCUT2D eigenvalue weighted by atomic mass is 35.6. The fourth-order valence-electron chi connectivity index (χ4n) is 0.809. The highest BCUT2D eigenvalue weighted by molar-refractivity contribution is 6.66. The van der Waals surface area contributed by atoms with E-state index in [9.17, 15) is 0 Å². The Hall–Kier alpha value is 0.180. The van der Waals surface area contributed by atoms with Gasteiger partial charge in [-0.05, 0) is 59.4 Å². The van der Waals surface area contributed by atoms with E-state index < -0.39 is 3.98 Å². The second kappa shape index (κ2) is 4.14. The zero-order chi connectivity index (χ0) is 10.1. The summed E-state index contributed by atoms with van der Waals surface area (Å²) in [5.41, 5.74) is 0.857. The van der Waals surface area contributed by atoms with E-state index in [1.54, 1.807) is 18.2 Å². The minimum Gasteiger partial charge on any atom is -0.445 e. The van der Waals surface area contributed by atoms with Crippen molar-refractivity contribution >= 4 is 46.4 Å². The van der Waals surface area contributed by atoms with E-state index in [0.717, 1.165) is 5.56 Å². The van der Waals surface area contributed by atoms with E-state index >= 15 is 0 Å². The van der Waals surface area contributed by atoms with Gasteiger partial charge >= 0.3 is 3.98 Å². The molecule has 0 unspecified atom stereocenters. The summed E-state index contributed by atoms with van der Waals surface area (Å²) in [5.74, 6) is 0.465. The number of hydrogen-bond acceptors (Lipinski definition) is 1. The molecule has 0 fully saturated rings. The molecule has 0 bridgehead atoms. The Kier molecular flexibility index (Phi) is 3.58. The molecule has 0 amide bonds. The molecule has 1 aromatic carbocycles. The molecule has 5 heteroatoms. The lowest BCUT2D eigenvalue weighted by atomic mass is 10.2. The Labute approximate surface area is 96.5 Å². The monoisotopic (exact) mass is 258 g/mol. The van der Waals surface area contributed by atoms with Crippen molar-refractivity contribution in [1.82, 2.24) is 0 Å². The van der Waals surface area contributed by atoms with E-state index in [1.807, 2.05) is 6.92 Å². The summed E-state index contributed by atoms with van der Waals surface area (Å²) >= 11 is 22.1. The molecule has 0 aliphatic carbocycles. The van der Waals surface area contributed by atoms with Gasteiger partial charge in [0, 0.05) is 5.02 Å². The van der Waals surface area contributed by atoms with Gasteiger partial charge in [-0.15, -0.1) is 0 Å². The molecule has 1 aromatic rings. The van der Waals surface area contributed by atoms with Crippen LogP contribution in [0.1, 0.15) is 5.56 Å². The average Bonchev–Trinajstić information content (AvgIpc) is 1.94. The normalized spacial score (nSPS) is 11.5. The molecule has 1 nitrogen and oxygen atoms in total. The van der Waals surface area contributed by atoms with Gasteiger partial charge in [0.15, 0.2) is 0 Å². The maximum absolute atomic E-state index is 5.74. The summed E-state index contributed by atoms with van der Waals surface area (Å²) in [5, 5.41) is 0.537. The van der Waals surface area contributed by atoms with Crippen LogP contribution < -0.4 is 4.74 Å². The molecular weight excluding hydrogens is 254 g/mol. The van der Waals surface area contributed by atoms with Crippen molar-refractivity contribution in [1.29, 1.82) is 0 Å². The van der Waals surface area contributed by atoms with E-state index in [1.165, 1.54) is 0 Å². The first-order chi connectivity index (χ1) is 5.88. The van der Waals surface area contributed by atoms with Gasteiger partial charge in [-0.25, -0.2) is 0 Å². The molecule has 1 rings (SSSR count). The van der Waals surface area contributed by atoms with Crippen LogP contribution in [0.5, 0.6) is 5.75 Å². The van der Waals surface area contributed by atoms with Crippen LogP contribution in [0.3, 0.4) is 0 Å². The maximum atomic E-state index is 5.74. The van der Waals surface area contributed by atoms with Crippen LogP contribution in [-0.4, -0.2) is 3.98 Å². The van der Waals surface area contributed by atoms with Crippen molar-refractivity contribution in [2.24, 2.45) is 0 Å². The number of aryl methyl sites for hydroxylation is 1. The van der Waals surface area contributed by atoms with Crippen LogP contribution in [0.25, 0.3) is 0 Å². The van der Waals surface area contributed by atoms with Crippen molar-refractivity contribution in [3.05, 3.63) is 28.8 Å². The fraction of sp³-hybridized carbons (Fsp3) is 0.250. The zero-order valence-corrected chi connectivity index (χ0v) is 9.68. The lowest BCUT2D eigenvalue weighted by Crippen LogP contribution is -2.13. The van der Waals surface area contributed by atoms with E-state index in [4.69, 9.17) is 51.1 Å². The molecule has 0 aliphatic heterocycles. The summed E-state index contributed by atoms with van der Waals surface area (Å²) in [6, 6.07) is 5.12. The second-order valence-corrected chi connectivity index (χ2v) is 5.07. The molecule has 0 aromatic heterocycles. The fourth-order valence-corrected chi connectivity index (χ4v) is 1.22. The Balaban J connectivity index is 2.94. The molecule has 0 spiro atoms. The third-order valence-corrected chi connectivity index (χ3v) is 1.84. The molecule has 0 N–H and O–H groups in total. The van der Waals surface area contributed by atoms with Crippen molar-refractivity contribution in [3.8, 4) is 5.75 Å². The predicted molar refractivity (Wildman–Crippen MR) is 57.1 cm³/mol. The van der Waals surface area contributed by atoms with Crippen molar-refractivity contribution in [3.63, 3.8) is 0 Å². The van der Waals surface area contributed by atoms with Gasteiger partial charge in [-0.1, -0.05) is 17.7 Å². The molecule has 0 atom stereocenters. The molecule has 0 saturated heterocycles. The van der Waals surface area contributed by atoms with Gasteiger partial charge in [0.25, 0.3) is 0 Å². The molecule has 0 saturated carbocycles. The lowest BCUT2D eigenvalue weighted by Gasteiger charge is -2.15. The summed E-state index contributed by atoms with van der Waals surface area (Å²) in [4.78, 5) is 0. The molecule has 0 heterocycles. The topological polar surface area (TPSA) is 9.23 Å². The maximum Gasteiger partial charge on any atom is 0.338 e. The van der Waals surface area contributed by atoms with Gasteiger partial charge < -0.3 is 4.74 Å². The minimum atomic E-state index is -1.75. The largest absolute Gasteiger partial charge is 0.445 e. The molecule has 0 radical (unpaired) electrons. The molecular formula is C8H6Cl4O. The van der Waals surface area contributed by atoms with Crippen molar-refractivity contribution < 1.29 is 4.74 Å². The summed E-state index contributed by atoms with van der Waals surface area (Å²) in [6.45, 7) is 1.84. The van der Waals surface area contributed by atoms with Crippen molar-refractivity contribution in [2.75, 3.05) is 0 Å². The molecule has 72 valence electrons. The third-order valence-electron chi connectivity index (χ3n) is 1.38. The van der Waals surface area contributed by atoms with Crippen LogP contribution in [0.4, 0.5) is 0 Å². The average molecular weight is 260 g/mol. The van der Waals surface area contributed by atoms with Gasteiger partial charge in [-0.3, -0.25) is 0 Å². The molecule has 0 aliphatic rings. The lowest BCUT2D eigenvalue weighted by molar-refractivity contribution is 0.318. The number of benzene rings is 1. The quantitative estimate of drug-likeness (QED) is 0.682. The number of ether oxygens (including phenoxy) is 1. The first-order valence-corrected chi connectivity index (χ1v) is 4.91. The first-order valence-electron chi connectivity index (χ1n) is 3.40. The smallest absolute Gasteiger partial charge is 0.338 e. The summed E-state index contributed by atoms with van der Waals surface area (Å²) < 4.78 is 3.27. The number of hydrogen-bond donors (Lipinski definition) is 0. The van der Waals surface area contributed by atoms with Gasteiger partial charge in [0.1, 0.15) is 5.75 Å². The van der Waals surface area contributed by atoms with Crippen molar-refractivity contribution in [2.45, 2.75) is 10.9 Å². The summed E-state index contributed by atoms with van der Waals surface area (Å²) in [7, 11) is 0. The van der Waals surface area contributed by atoms with Gasteiger partial charge in [0.2, 0.25) is 0 Å². The number of rotatable bonds is 1. The standard InChI is InChI=1S/C8H6Cl4O/c1-5-2-3-6(9)4-7(5)13-8(10,11)12/h2-4H,1H3. The Morgan fingerprint density at radius 1 is 1.23 bits per heavy atom. The van der Waals surface area contributed by atoms with E-state index in [-0.39, 0.29) is 0 Å². The Morgan fingerprint density at radius 3 is 2.38 bits per heavy atom. The van der Waals surface area contributed by atoms with Crippen LogP contribution in [-0.2, 0) is 0 Å². The SMILES string of the molecule is Cc1ccc(Cl)cc1OC(Cl)(Cl)Cl. The highest BCUT2D eigenvalue weighted by Gasteiger charge is 2.22. The highest BCUT2D eigenvalue weighted by Crippen LogP contribution is 2.33. The summed E-state index contributed by atoms with van der Waals surface area (Å²) in [6.07, 6.45) is 0. The first kappa shape index (κ1) is 11.3. The van der Waals surface area contributed by atoms with Crippen LogP contribution in [0.2, 0.25) is 5.02 Å². The Bertz CT molecular complexity index is 306. The van der Waals surface area contributed by atoms with Gasteiger partial charge in [-0.2, -0.15) is 0 Å². The van der Waals surface area contributed by atoms with Crippen LogP contribution in [0, 0.1) is 6.92 Å². The molecule has 13 heavy (non-hydrogen) atoms. The predicted octanol–water partition coefficient (Wildman–Crippen LogP) is 4.35. The zero-order valence-electron chi connectivity index (χ0n) is 6.65. The van der Waals surface area contributed by atoms with Gasteiger partial charge in [0.05, 0.1) is 0 Å². The van der Waals surface area contributed by atoms with E-state index in [0.29, 0.717) is 10.8 Å². The number of alkyl halides is 3.